The lowest BCUT2D eigenvalue weighted by Gasteiger charge is -2.23. The molecule has 1 aliphatic rings. The van der Waals surface area contributed by atoms with Crippen LogP contribution in [0, 0.1) is 18.8 Å². The topological polar surface area (TPSA) is 83.6 Å². The molecule has 1 atom stereocenters. The third-order valence-corrected chi connectivity index (χ3v) is 5.74. The van der Waals surface area contributed by atoms with Gasteiger partial charge >= 0.3 is 0 Å². The Morgan fingerprint density at radius 2 is 2.24 bits per heavy atom. The molecule has 5 nitrogen and oxygen atoms in total. The van der Waals surface area contributed by atoms with Gasteiger partial charge in [-0.3, -0.25) is 0 Å². The van der Waals surface area contributed by atoms with E-state index in [4.69, 9.17) is 5.73 Å². The summed E-state index contributed by atoms with van der Waals surface area (Å²) in [6, 6.07) is 4.79. The molecule has 0 aliphatic carbocycles. The number of benzene rings is 1. The molecule has 114 valence electrons. The number of nitrogens with zero attached hydrogens (tertiary/aromatic N) is 1. The molecule has 1 aliphatic heterocycles. The first kappa shape index (κ1) is 16.0. The normalized spacial score (nSPS) is 19.3. The maximum absolute atomic E-state index is 12.8. The second-order valence-corrected chi connectivity index (χ2v) is 6.94. The fourth-order valence-electron chi connectivity index (χ4n) is 2.54. The van der Waals surface area contributed by atoms with Gasteiger partial charge in [0.2, 0.25) is 10.0 Å². The molecule has 0 saturated carbocycles. The summed E-state index contributed by atoms with van der Waals surface area (Å²) in [7, 11) is -3.60. The van der Waals surface area contributed by atoms with Gasteiger partial charge < -0.3 is 10.8 Å². The van der Waals surface area contributed by atoms with Crippen molar-refractivity contribution in [2.24, 2.45) is 5.73 Å². The standard InChI is InChI=1S/C15H20N2O3S/c1-12-6-7-13(4-2-8-16)10-15(12)21(19,20)17-9-3-5-14(17)11-18/h6-7,10,14,18H,3,5,8-9,11,16H2,1H3. The van der Waals surface area contributed by atoms with Crippen LogP contribution in [0.25, 0.3) is 0 Å². The average molecular weight is 308 g/mol. The van der Waals surface area contributed by atoms with Crippen LogP contribution in [0.4, 0.5) is 0 Å². The van der Waals surface area contributed by atoms with Gasteiger partial charge in [-0.25, -0.2) is 8.42 Å². The van der Waals surface area contributed by atoms with Gasteiger partial charge in [-0.2, -0.15) is 4.31 Å². The van der Waals surface area contributed by atoms with Crippen LogP contribution in [0.3, 0.4) is 0 Å². The Bertz CT molecular complexity index is 674. The first-order valence-corrected chi connectivity index (χ1v) is 8.37. The van der Waals surface area contributed by atoms with E-state index in [9.17, 15) is 13.5 Å². The first-order chi connectivity index (χ1) is 10.0. The first-order valence-electron chi connectivity index (χ1n) is 6.93. The summed E-state index contributed by atoms with van der Waals surface area (Å²) in [5.41, 5.74) is 6.64. The second-order valence-electron chi connectivity index (χ2n) is 5.08. The minimum absolute atomic E-state index is 0.148. The predicted octanol–water partition coefficient (Wildman–Crippen LogP) is 0.451. The molecule has 0 bridgehead atoms. The SMILES string of the molecule is Cc1ccc(C#CCN)cc1S(=O)(=O)N1CCCC1CO. The molecule has 6 heteroatoms. The Balaban J connectivity index is 2.44. The zero-order valence-corrected chi connectivity index (χ0v) is 12.9. The quantitative estimate of drug-likeness (QED) is 0.794. The van der Waals surface area contributed by atoms with Gasteiger partial charge in [0, 0.05) is 18.2 Å². The van der Waals surface area contributed by atoms with Crippen LogP contribution in [-0.4, -0.2) is 43.6 Å². The van der Waals surface area contributed by atoms with E-state index in [1.165, 1.54) is 4.31 Å². The number of aliphatic hydroxyl groups is 1. The summed E-state index contributed by atoms with van der Waals surface area (Å²) in [6.45, 7) is 2.29. The van der Waals surface area contributed by atoms with Crippen LogP contribution in [0.2, 0.25) is 0 Å². The molecule has 1 fully saturated rings. The van der Waals surface area contributed by atoms with Crippen molar-refractivity contribution in [3.8, 4) is 11.8 Å². The highest BCUT2D eigenvalue weighted by atomic mass is 32.2. The highest BCUT2D eigenvalue weighted by molar-refractivity contribution is 7.89. The van der Waals surface area contributed by atoms with Gasteiger partial charge in [0.25, 0.3) is 0 Å². The monoisotopic (exact) mass is 308 g/mol. The van der Waals surface area contributed by atoms with E-state index in [0.717, 1.165) is 6.42 Å². The molecule has 0 spiro atoms. The van der Waals surface area contributed by atoms with E-state index < -0.39 is 10.0 Å². The minimum atomic E-state index is -3.60. The van der Waals surface area contributed by atoms with E-state index in [1.54, 1.807) is 25.1 Å². The van der Waals surface area contributed by atoms with Gasteiger partial charge in [0.15, 0.2) is 0 Å². The van der Waals surface area contributed by atoms with Crippen molar-refractivity contribution in [1.29, 1.82) is 0 Å². The molecule has 0 radical (unpaired) electrons. The van der Waals surface area contributed by atoms with Crippen LogP contribution < -0.4 is 5.73 Å². The van der Waals surface area contributed by atoms with Crippen LogP contribution in [0.5, 0.6) is 0 Å². The predicted molar refractivity (Wildman–Crippen MR) is 81.1 cm³/mol. The molecule has 1 heterocycles. The maximum Gasteiger partial charge on any atom is 0.243 e. The lowest BCUT2D eigenvalue weighted by molar-refractivity contribution is 0.213. The molecule has 1 aromatic carbocycles. The van der Waals surface area contributed by atoms with Crippen molar-refractivity contribution >= 4 is 10.0 Å². The number of aliphatic hydroxyl groups excluding tert-OH is 1. The number of nitrogens with two attached hydrogens (primary N) is 1. The molecule has 0 aromatic heterocycles. The molecule has 3 N–H and O–H groups in total. The molecule has 1 aromatic rings. The smallest absolute Gasteiger partial charge is 0.243 e. The fourth-order valence-corrected chi connectivity index (χ4v) is 4.48. The third kappa shape index (κ3) is 3.27. The summed E-state index contributed by atoms with van der Waals surface area (Å²) < 4.78 is 27.0. The Morgan fingerprint density at radius 1 is 1.48 bits per heavy atom. The van der Waals surface area contributed by atoms with E-state index in [2.05, 4.69) is 11.8 Å². The summed E-state index contributed by atoms with van der Waals surface area (Å²) in [5, 5.41) is 9.34. The van der Waals surface area contributed by atoms with E-state index in [0.29, 0.717) is 24.1 Å². The zero-order chi connectivity index (χ0) is 15.5. The Kier molecular flexibility index (Phi) is 5.01. The minimum Gasteiger partial charge on any atom is -0.395 e. The fraction of sp³-hybridized carbons (Fsp3) is 0.467. The van der Waals surface area contributed by atoms with Crippen molar-refractivity contribution in [2.75, 3.05) is 19.7 Å². The molecule has 1 saturated heterocycles. The van der Waals surface area contributed by atoms with Crippen LogP contribution in [0.1, 0.15) is 24.0 Å². The maximum atomic E-state index is 12.8. The van der Waals surface area contributed by atoms with Gasteiger partial charge in [0.05, 0.1) is 18.0 Å². The molecule has 1 unspecified atom stereocenters. The lowest BCUT2D eigenvalue weighted by atomic mass is 10.1. The van der Waals surface area contributed by atoms with Gasteiger partial charge in [-0.05, 0) is 37.5 Å². The van der Waals surface area contributed by atoms with Gasteiger partial charge in [-0.15, -0.1) is 0 Å². The molecular weight excluding hydrogens is 288 g/mol. The second kappa shape index (κ2) is 6.58. The van der Waals surface area contributed by atoms with E-state index >= 15 is 0 Å². The molecular formula is C15H20N2O3S. The Labute approximate surface area is 125 Å². The van der Waals surface area contributed by atoms with Crippen LogP contribution in [0.15, 0.2) is 23.1 Å². The summed E-state index contributed by atoms with van der Waals surface area (Å²) in [4.78, 5) is 0.256. The molecule has 0 amide bonds. The number of aryl methyl sites for hydroxylation is 1. The van der Waals surface area contributed by atoms with E-state index in [-0.39, 0.29) is 24.1 Å². The highest BCUT2D eigenvalue weighted by Gasteiger charge is 2.35. The van der Waals surface area contributed by atoms with Crippen LogP contribution >= 0.6 is 0 Å². The number of rotatable bonds is 3. The Hall–Kier alpha value is -1.39. The highest BCUT2D eigenvalue weighted by Crippen LogP contribution is 2.28. The average Bonchev–Trinajstić information content (AvgIpc) is 2.95. The molecule has 21 heavy (non-hydrogen) atoms. The van der Waals surface area contributed by atoms with Gasteiger partial charge in [0.1, 0.15) is 0 Å². The molecule has 2 rings (SSSR count). The number of hydrogen-bond acceptors (Lipinski definition) is 4. The lowest BCUT2D eigenvalue weighted by Crippen LogP contribution is -2.37. The Morgan fingerprint density at radius 3 is 2.90 bits per heavy atom. The summed E-state index contributed by atoms with van der Waals surface area (Å²) in [5.74, 6) is 5.57. The summed E-state index contributed by atoms with van der Waals surface area (Å²) in [6.07, 6.45) is 1.47. The van der Waals surface area contributed by atoms with E-state index in [1.807, 2.05) is 0 Å². The van der Waals surface area contributed by atoms with Crippen molar-refractivity contribution in [1.82, 2.24) is 4.31 Å². The largest absolute Gasteiger partial charge is 0.395 e. The number of sulfonamides is 1. The van der Waals surface area contributed by atoms with Crippen molar-refractivity contribution in [3.05, 3.63) is 29.3 Å². The zero-order valence-electron chi connectivity index (χ0n) is 12.0. The summed E-state index contributed by atoms with van der Waals surface area (Å²) >= 11 is 0. The van der Waals surface area contributed by atoms with Crippen LogP contribution in [-0.2, 0) is 10.0 Å². The number of hydrogen-bond donors (Lipinski definition) is 2. The van der Waals surface area contributed by atoms with Crippen molar-refractivity contribution in [3.63, 3.8) is 0 Å². The van der Waals surface area contributed by atoms with Crippen molar-refractivity contribution in [2.45, 2.75) is 30.7 Å². The van der Waals surface area contributed by atoms with Gasteiger partial charge in [-0.1, -0.05) is 17.9 Å². The van der Waals surface area contributed by atoms with Crippen molar-refractivity contribution < 1.29 is 13.5 Å². The third-order valence-electron chi connectivity index (χ3n) is 3.64.